The van der Waals surface area contributed by atoms with E-state index in [2.05, 4.69) is 5.32 Å². The van der Waals surface area contributed by atoms with Crippen LogP contribution in [-0.2, 0) is 16.0 Å². The first-order valence-electron chi connectivity index (χ1n) is 5.92. The van der Waals surface area contributed by atoms with E-state index >= 15 is 0 Å². The first-order chi connectivity index (χ1) is 8.94. The molecule has 0 unspecified atom stereocenters. The van der Waals surface area contributed by atoms with E-state index in [1.54, 1.807) is 0 Å². The van der Waals surface area contributed by atoms with Crippen molar-refractivity contribution in [1.82, 2.24) is 5.32 Å². The third kappa shape index (κ3) is 2.57. The van der Waals surface area contributed by atoms with Crippen molar-refractivity contribution in [3.8, 4) is 0 Å². The quantitative estimate of drug-likeness (QED) is 0.873. The smallest absolute Gasteiger partial charge is 0.329 e. The summed E-state index contributed by atoms with van der Waals surface area (Å²) in [6.45, 7) is 0. The number of carbonyl (C=O) groups is 2. The number of rotatable bonds is 4. The molecule has 4 nitrogen and oxygen atoms in total. The summed E-state index contributed by atoms with van der Waals surface area (Å²) in [7, 11) is 0. The van der Waals surface area contributed by atoms with Gasteiger partial charge < -0.3 is 10.4 Å². The minimum atomic E-state index is -1.24. The molecule has 0 saturated heterocycles. The van der Waals surface area contributed by atoms with Gasteiger partial charge in [-0.25, -0.2) is 13.6 Å². The van der Waals surface area contributed by atoms with E-state index in [0.29, 0.717) is 12.8 Å². The molecule has 1 saturated carbocycles. The maximum absolute atomic E-state index is 13.4. The highest BCUT2D eigenvalue weighted by Crippen LogP contribution is 2.32. The fraction of sp³-hybridized carbons (Fsp3) is 0.385. The number of carbonyl (C=O) groups excluding carboxylic acids is 1. The summed E-state index contributed by atoms with van der Waals surface area (Å²) in [6, 6.07) is 3.56. The lowest BCUT2D eigenvalue weighted by Gasteiger charge is -2.38. The number of amides is 1. The second-order valence-corrected chi connectivity index (χ2v) is 4.68. The Balaban J connectivity index is 2.06. The molecular weight excluding hydrogens is 256 g/mol. The largest absolute Gasteiger partial charge is 0.480 e. The number of hydrogen-bond donors (Lipinski definition) is 2. The Morgan fingerprint density at radius 1 is 1.32 bits per heavy atom. The van der Waals surface area contributed by atoms with Gasteiger partial charge in [0.1, 0.15) is 5.54 Å². The molecule has 1 aliphatic carbocycles. The van der Waals surface area contributed by atoms with Crippen LogP contribution in [0.3, 0.4) is 0 Å². The fourth-order valence-electron chi connectivity index (χ4n) is 2.09. The van der Waals surface area contributed by atoms with Crippen molar-refractivity contribution in [1.29, 1.82) is 0 Å². The van der Waals surface area contributed by atoms with Crippen molar-refractivity contribution in [2.45, 2.75) is 31.2 Å². The van der Waals surface area contributed by atoms with Crippen molar-refractivity contribution in [2.24, 2.45) is 0 Å². The minimum absolute atomic E-state index is 0.0858. The van der Waals surface area contributed by atoms with Crippen molar-refractivity contribution < 1.29 is 23.5 Å². The zero-order chi connectivity index (χ0) is 14.0. The highest BCUT2D eigenvalue weighted by atomic mass is 19.2. The van der Waals surface area contributed by atoms with Crippen molar-refractivity contribution in [2.75, 3.05) is 0 Å². The van der Waals surface area contributed by atoms with Crippen molar-refractivity contribution in [3.05, 3.63) is 35.4 Å². The predicted octanol–water partition coefficient (Wildman–Crippen LogP) is 1.63. The molecule has 0 aliphatic heterocycles. The van der Waals surface area contributed by atoms with E-state index < -0.39 is 29.0 Å². The third-order valence-corrected chi connectivity index (χ3v) is 3.38. The molecule has 0 atom stereocenters. The number of carboxylic acid groups (broad SMARTS) is 1. The van der Waals surface area contributed by atoms with Crippen molar-refractivity contribution in [3.63, 3.8) is 0 Å². The summed E-state index contributed by atoms with van der Waals surface area (Å²) in [6.07, 6.45) is 1.07. The summed E-state index contributed by atoms with van der Waals surface area (Å²) in [4.78, 5) is 22.8. The Bertz CT molecular complexity index is 527. The van der Waals surface area contributed by atoms with E-state index in [1.165, 1.54) is 12.1 Å². The minimum Gasteiger partial charge on any atom is -0.480 e. The molecule has 19 heavy (non-hydrogen) atoms. The second-order valence-electron chi connectivity index (χ2n) is 4.68. The number of aliphatic carboxylic acids is 1. The van der Waals surface area contributed by atoms with Crippen LogP contribution in [0.1, 0.15) is 24.8 Å². The Morgan fingerprint density at radius 3 is 2.53 bits per heavy atom. The lowest BCUT2D eigenvalue weighted by atomic mass is 9.76. The molecule has 0 bridgehead atoms. The molecule has 0 spiro atoms. The zero-order valence-corrected chi connectivity index (χ0v) is 10.1. The highest BCUT2D eigenvalue weighted by molar-refractivity contribution is 5.88. The first-order valence-corrected chi connectivity index (χ1v) is 5.92. The number of benzene rings is 1. The number of carboxylic acids is 1. The zero-order valence-electron chi connectivity index (χ0n) is 10.1. The van der Waals surface area contributed by atoms with E-state index in [9.17, 15) is 18.4 Å². The normalized spacial score (nSPS) is 16.5. The Morgan fingerprint density at radius 2 is 2.00 bits per heavy atom. The van der Waals surface area contributed by atoms with E-state index in [0.717, 1.165) is 12.5 Å². The molecule has 102 valence electrons. The SMILES string of the molecule is O=C(Cc1cccc(F)c1F)NC1(C(=O)O)CCC1. The Kier molecular flexibility index (Phi) is 3.50. The number of nitrogens with one attached hydrogen (secondary N) is 1. The summed E-state index contributed by atoms with van der Waals surface area (Å²) in [5, 5.41) is 11.4. The van der Waals surface area contributed by atoms with Crippen LogP contribution in [0.15, 0.2) is 18.2 Å². The predicted molar refractivity (Wildman–Crippen MR) is 62.4 cm³/mol. The molecule has 0 heterocycles. The third-order valence-electron chi connectivity index (χ3n) is 3.38. The highest BCUT2D eigenvalue weighted by Gasteiger charge is 2.45. The van der Waals surface area contributed by atoms with Crippen LogP contribution in [0.4, 0.5) is 8.78 Å². The Labute approximate surface area is 108 Å². The number of hydrogen-bond acceptors (Lipinski definition) is 2. The van der Waals surface area contributed by atoms with Gasteiger partial charge in [0.05, 0.1) is 6.42 Å². The summed E-state index contributed by atoms with van der Waals surface area (Å²) >= 11 is 0. The maximum atomic E-state index is 13.4. The molecule has 6 heteroatoms. The van der Waals surface area contributed by atoms with Gasteiger partial charge >= 0.3 is 5.97 Å². The van der Waals surface area contributed by atoms with E-state index in [-0.39, 0.29) is 12.0 Å². The molecule has 2 rings (SSSR count). The lowest BCUT2D eigenvalue weighted by molar-refractivity contribution is -0.151. The van der Waals surface area contributed by atoms with Gasteiger partial charge in [-0.2, -0.15) is 0 Å². The van der Waals surface area contributed by atoms with Crippen LogP contribution in [-0.4, -0.2) is 22.5 Å². The van der Waals surface area contributed by atoms with Crippen LogP contribution in [0, 0.1) is 11.6 Å². The molecule has 1 aromatic rings. The maximum Gasteiger partial charge on any atom is 0.329 e. The second kappa shape index (κ2) is 4.95. The average Bonchev–Trinajstić information content (AvgIpc) is 2.29. The van der Waals surface area contributed by atoms with Gasteiger partial charge in [0.25, 0.3) is 0 Å². The van der Waals surface area contributed by atoms with Gasteiger partial charge in [-0.3, -0.25) is 4.79 Å². The van der Waals surface area contributed by atoms with E-state index in [4.69, 9.17) is 5.11 Å². The molecule has 1 aliphatic rings. The van der Waals surface area contributed by atoms with Crippen LogP contribution in [0.25, 0.3) is 0 Å². The summed E-state index contributed by atoms with van der Waals surface area (Å²) < 4.78 is 26.4. The molecular formula is C13H13F2NO3. The lowest BCUT2D eigenvalue weighted by Crippen LogP contribution is -2.59. The van der Waals surface area contributed by atoms with Gasteiger partial charge in [0, 0.05) is 5.56 Å². The average molecular weight is 269 g/mol. The molecule has 1 amide bonds. The van der Waals surface area contributed by atoms with Crippen LogP contribution < -0.4 is 5.32 Å². The monoisotopic (exact) mass is 269 g/mol. The van der Waals surface area contributed by atoms with E-state index in [1.807, 2.05) is 0 Å². The van der Waals surface area contributed by atoms with Gasteiger partial charge in [0.2, 0.25) is 5.91 Å². The molecule has 1 fully saturated rings. The van der Waals surface area contributed by atoms with Crippen LogP contribution in [0.5, 0.6) is 0 Å². The molecule has 1 aromatic carbocycles. The van der Waals surface area contributed by atoms with Gasteiger partial charge in [-0.15, -0.1) is 0 Å². The molecule has 0 aromatic heterocycles. The van der Waals surface area contributed by atoms with Gasteiger partial charge in [-0.1, -0.05) is 12.1 Å². The molecule has 0 radical (unpaired) electrons. The van der Waals surface area contributed by atoms with Crippen molar-refractivity contribution >= 4 is 11.9 Å². The first kappa shape index (κ1) is 13.5. The fourth-order valence-corrected chi connectivity index (χ4v) is 2.09. The standard InChI is InChI=1S/C13H13F2NO3/c14-9-4-1-3-8(11(9)15)7-10(17)16-13(12(18)19)5-2-6-13/h1,3-4H,2,5-7H2,(H,16,17)(H,18,19). The molecule has 2 N–H and O–H groups in total. The summed E-state index contributed by atoms with van der Waals surface area (Å²) in [5.41, 5.74) is -1.32. The Hall–Kier alpha value is -1.98. The van der Waals surface area contributed by atoms with Gasteiger partial charge in [-0.05, 0) is 25.3 Å². The van der Waals surface area contributed by atoms with Crippen LogP contribution in [0.2, 0.25) is 0 Å². The summed E-state index contributed by atoms with van der Waals surface area (Å²) in [5.74, 6) is -3.81. The van der Waals surface area contributed by atoms with Gasteiger partial charge in [0.15, 0.2) is 11.6 Å². The topological polar surface area (TPSA) is 66.4 Å². The number of halogens is 2. The van der Waals surface area contributed by atoms with Crippen LogP contribution >= 0.6 is 0 Å².